The Kier molecular flexibility index (Phi) is 5.71. The maximum atomic E-state index is 12.1. The van der Waals surface area contributed by atoms with Gasteiger partial charge in [-0.15, -0.1) is 0 Å². The molecule has 0 aliphatic carbocycles. The molecule has 6 heteroatoms. The van der Waals surface area contributed by atoms with E-state index in [1.54, 1.807) is 6.92 Å². The lowest BCUT2D eigenvalue weighted by Crippen LogP contribution is -2.33. The smallest absolute Gasteiger partial charge is 0.259 e. The molecule has 1 aliphatic heterocycles. The third-order valence-corrected chi connectivity index (χ3v) is 3.36. The minimum atomic E-state index is -0.601. The Morgan fingerprint density at radius 3 is 2.40 bits per heavy atom. The molecule has 0 aromatic rings. The molecule has 0 aromatic heterocycles. The van der Waals surface area contributed by atoms with E-state index in [2.05, 4.69) is 5.32 Å². The van der Waals surface area contributed by atoms with Crippen molar-refractivity contribution in [3.8, 4) is 0 Å². The van der Waals surface area contributed by atoms with Crippen molar-refractivity contribution in [2.24, 2.45) is 5.92 Å². The van der Waals surface area contributed by atoms with E-state index in [9.17, 15) is 19.8 Å². The first-order valence-electron chi connectivity index (χ1n) is 6.76. The number of amides is 1. The monoisotopic (exact) mass is 285 g/mol. The Morgan fingerprint density at radius 1 is 1.40 bits per heavy atom. The van der Waals surface area contributed by atoms with Gasteiger partial charge in [0.25, 0.3) is 5.91 Å². The summed E-state index contributed by atoms with van der Waals surface area (Å²) in [5, 5.41) is 21.9. The summed E-state index contributed by atoms with van der Waals surface area (Å²) in [5.74, 6) is -1.20. The van der Waals surface area contributed by atoms with Crippen molar-refractivity contribution in [2.45, 2.75) is 51.9 Å². The second-order valence-corrected chi connectivity index (χ2v) is 5.53. The lowest BCUT2D eigenvalue weighted by atomic mass is 9.98. The van der Waals surface area contributed by atoms with Crippen LogP contribution in [0, 0.1) is 5.92 Å². The molecule has 0 saturated heterocycles. The topological polar surface area (TPSA) is 95.9 Å². The lowest BCUT2D eigenvalue weighted by molar-refractivity contribution is -0.123. The Morgan fingerprint density at radius 2 is 2.00 bits per heavy atom. The van der Waals surface area contributed by atoms with Gasteiger partial charge in [0.05, 0.1) is 18.2 Å². The van der Waals surface area contributed by atoms with Crippen molar-refractivity contribution in [3.63, 3.8) is 0 Å². The van der Waals surface area contributed by atoms with E-state index in [4.69, 9.17) is 4.74 Å². The minimum absolute atomic E-state index is 0.0000592. The van der Waals surface area contributed by atoms with E-state index in [-0.39, 0.29) is 23.7 Å². The molecule has 3 N–H and O–H groups in total. The number of methoxy groups -OCH3 is 1. The number of ether oxygens (including phenoxy) is 1. The van der Waals surface area contributed by atoms with Crippen LogP contribution >= 0.6 is 0 Å². The van der Waals surface area contributed by atoms with Crippen molar-refractivity contribution >= 4 is 11.7 Å². The molecular formula is C14H23NO5. The number of hydrogen-bond acceptors (Lipinski definition) is 5. The summed E-state index contributed by atoms with van der Waals surface area (Å²) in [5.41, 5.74) is -0.184. The molecule has 3 atom stereocenters. The molecule has 6 nitrogen and oxygen atoms in total. The van der Waals surface area contributed by atoms with Crippen LogP contribution in [0.1, 0.15) is 33.6 Å². The Labute approximate surface area is 118 Å². The van der Waals surface area contributed by atoms with Crippen LogP contribution in [0.3, 0.4) is 0 Å². The summed E-state index contributed by atoms with van der Waals surface area (Å²) in [4.78, 5) is 23.9. The fourth-order valence-electron chi connectivity index (χ4n) is 2.26. The number of carbonyl (C=O) groups excluding carboxylic acids is 2. The van der Waals surface area contributed by atoms with Crippen LogP contribution < -0.4 is 5.32 Å². The van der Waals surface area contributed by atoms with Crippen molar-refractivity contribution < 1.29 is 24.5 Å². The highest BCUT2D eigenvalue weighted by atomic mass is 16.5. The zero-order valence-electron chi connectivity index (χ0n) is 12.3. The number of aliphatic hydroxyl groups is 2. The zero-order valence-corrected chi connectivity index (χ0v) is 12.3. The van der Waals surface area contributed by atoms with Gasteiger partial charge in [-0.3, -0.25) is 9.59 Å². The summed E-state index contributed by atoms with van der Waals surface area (Å²) in [6.45, 7) is 5.30. The van der Waals surface area contributed by atoms with Crippen LogP contribution in [0.2, 0.25) is 0 Å². The minimum Gasteiger partial charge on any atom is -0.509 e. The highest BCUT2D eigenvalue weighted by molar-refractivity contribution is 6.21. The molecule has 20 heavy (non-hydrogen) atoms. The van der Waals surface area contributed by atoms with E-state index in [1.807, 2.05) is 13.8 Å². The van der Waals surface area contributed by atoms with Crippen LogP contribution in [0.4, 0.5) is 0 Å². The van der Waals surface area contributed by atoms with Gasteiger partial charge < -0.3 is 20.3 Å². The van der Waals surface area contributed by atoms with Gasteiger partial charge in [0, 0.05) is 13.5 Å². The highest BCUT2D eigenvalue weighted by Gasteiger charge is 2.37. The number of ketones is 1. The van der Waals surface area contributed by atoms with Gasteiger partial charge in [-0.1, -0.05) is 13.8 Å². The van der Waals surface area contributed by atoms with Gasteiger partial charge in [0.15, 0.2) is 5.78 Å². The first kappa shape index (κ1) is 16.7. The van der Waals surface area contributed by atoms with Gasteiger partial charge in [0.1, 0.15) is 11.3 Å². The molecule has 114 valence electrons. The number of hydrogen-bond donors (Lipinski definition) is 3. The summed E-state index contributed by atoms with van der Waals surface area (Å²) in [6.07, 6.45) is -0.824. The van der Waals surface area contributed by atoms with E-state index >= 15 is 0 Å². The normalized spacial score (nSPS) is 22.1. The van der Waals surface area contributed by atoms with Crippen LogP contribution in [0.5, 0.6) is 0 Å². The average Bonchev–Trinajstić information content (AvgIpc) is 2.63. The first-order valence-corrected chi connectivity index (χ1v) is 6.76. The second-order valence-electron chi connectivity index (χ2n) is 5.53. The van der Waals surface area contributed by atoms with Gasteiger partial charge in [0.2, 0.25) is 0 Å². The van der Waals surface area contributed by atoms with Gasteiger partial charge >= 0.3 is 0 Å². The fourth-order valence-corrected chi connectivity index (χ4v) is 2.26. The van der Waals surface area contributed by atoms with Crippen LogP contribution in [-0.2, 0) is 14.3 Å². The number of Topliss-reactive ketones (excluding diaryl/α,β-unsaturated/α-hetero) is 1. The molecule has 2 unspecified atom stereocenters. The van der Waals surface area contributed by atoms with Crippen molar-refractivity contribution in [3.05, 3.63) is 11.3 Å². The number of nitrogens with one attached hydrogen (secondary N) is 1. The molecule has 0 fully saturated rings. The highest BCUT2D eigenvalue weighted by Crippen LogP contribution is 2.23. The lowest BCUT2D eigenvalue weighted by Gasteiger charge is -2.16. The van der Waals surface area contributed by atoms with Crippen molar-refractivity contribution in [1.29, 1.82) is 0 Å². The van der Waals surface area contributed by atoms with Gasteiger partial charge in [-0.2, -0.15) is 0 Å². The van der Waals surface area contributed by atoms with E-state index in [1.165, 1.54) is 7.11 Å². The SMILES string of the molecule is COC(CC(=O)C1=C(O)[C@H](C(C)C)NC1=O)CC(C)O. The zero-order chi connectivity index (χ0) is 15.4. The van der Waals surface area contributed by atoms with E-state index in [0.717, 1.165) is 0 Å². The average molecular weight is 285 g/mol. The predicted molar refractivity (Wildman–Crippen MR) is 73.1 cm³/mol. The van der Waals surface area contributed by atoms with E-state index in [0.29, 0.717) is 6.42 Å². The summed E-state index contributed by atoms with van der Waals surface area (Å²) < 4.78 is 5.12. The molecular weight excluding hydrogens is 262 g/mol. The second kappa shape index (κ2) is 6.85. The first-order chi connectivity index (χ1) is 9.27. The number of rotatable bonds is 7. The predicted octanol–water partition coefficient (Wildman–Crippen LogP) is 0.698. The quantitative estimate of drug-likeness (QED) is 0.598. The third-order valence-electron chi connectivity index (χ3n) is 3.36. The standard InChI is InChI=1S/C14H23NO5/c1-7(2)12-13(18)11(14(19)15-12)10(17)6-9(20-4)5-8(3)16/h7-9,12,16,18H,5-6H2,1-4H3,(H,15,19)/t8?,9?,12-/m0/s1. The molecule has 0 spiro atoms. The van der Waals surface area contributed by atoms with Crippen molar-refractivity contribution in [1.82, 2.24) is 5.32 Å². The molecule has 1 heterocycles. The van der Waals surface area contributed by atoms with Gasteiger partial charge in [-0.05, 0) is 19.3 Å². The van der Waals surface area contributed by atoms with Gasteiger partial charge in [-0.25, -0.2) is 0 Å². The van der Waals surface area contributed by atoms with Crippen molar-refractivity contribution in [2.75, 3.05) is 7.11 Å². The number of carbonyl (C=O) groups is 2. The molecule has 1 rings (SSSR count). The Bertz CT molecular complexity index is 414. The third kappa shape index (κ3) is 3.80. The van der Waals surface area contributed by atoms with E-state index < -0.39 is 29.9 Å². The fraction of sp³-hybridized carbons (Fsp3) is 0.714. The molecule has 0 radical (unpaired) electrons. The summed E-state index contributed by atoms with van der Waals surface area (Å²) in [6, 6.07) is -0.515. The maximum absolute atomic E-state index is 12.1. The van der Waals surface area contributed by atoms with Crippen LogP contribution in [0.15, 0.2) is 11.3 Å². The molecule has 1 amide bonds. The van der Waals surface area contributed by atoms with Crippen LogP contribution in [0.25, 0.3) is 0 Å². The maximum Gasteiger partial charge on any atom is 0.259 e. The number of aliphatic hydroxyl groups excluding tert-OH is 2. The molecule has 0 saturated carbocycles. The van der Waals surface area contributed by atoms with Crippen LogP contribution in [-0.4, -0.2) is 47.3 Å². The largest absolute Gasteiger partial charge is 0.509 e. The Hall–Kier alpha value is -1.40. The molecule has 0 aromatic carbocycles. The molecule has 0 bridgehead atoms. The Balaban J connectivity index is 2.82. The molecule has 1 aliphatic rings. The summed E-state index contributed by atoms with van der Waals surface area (Å²) >= 11 is 0. The summed E-state index contributed by atoms with van der Waals surface area (Å²) in [7, 11) is 1.44.